The van der Waals surface area contributed by atoms with Gasteiger partial charge in [-0.3, -0.25) is 10.1 Å². The number of aryl methyl sites for hydroxylation is 1. The van der Waals surface area contributed by atoms with Crippen LogP contribution in [0.4, 0.5) is 10.1 Å². The Bertz CT molecular complexity index is 620. The molecule has 0 saturated carbocycles. The highest BCUT2D eigenvalue weighted by Crippen LogP contribution is 2.24. The van der Waals surface area contributed by atoms with E-state index in [1.165, 1.54) is 25.1 Å². The van der Waals surface area contributed by atoms with Gasteiger partial charge in [-0.1, -0.05) is 23.4 Å². The van der Waals surface area contributed by atoms with E-state index >= 15 is 0 Å². The molecule has 6 heteroatoms. The lowest BCUT2D eigenvalue weighted by molar-refractivity contribution is -0.386. The zero-order valence-corrected chi connectivity index (χ0v) is 9.46. The van der Waals surface area contributed by atoms with Gasteiger partial charge >= 0.3 is 5.69 Å². The first-order valence-electron chi connectivity index (χ1n) is 5.13. The SMILES string of the molecule is Cc1noc(C=Cc2ccccc2F)c1[N+](=O)[O-]. The third-order valence-corrected chi connectivity index (χ3v) is 2.36. The zero-order valence-electron chi connectivity index (χ0n) is 9.46. The largest absolute Gasteiger partial charge is 0.349 e. The molecular formula is C12H9FN2O3. The number of aromatic nitrogens is 1. The molecule has 92 valence electrons. The van der Waals surface area contributed by atoms with Crippen LogP contribution in [-0.2, 0) is 0 Å². The van der Waals surface area contributed by atoms with Crippen LogP contribution >= 0.6 is 0 Å². The van der Waals surface area contributed by atoms with Gasteiger partial charge < -0.3 is 4.52 Å². The molecule has 1 aromatic carbocycles. The van der Waals surface area contributed by atoms with E-state index in [1.54, 1.807) is 18.2 Å². The van der Waals surface area contributed by atoms with E-state index in [0.717, 1.165) is 0 Å². The summed E-state index contributed by atoms with van der Waals surface area (Å²) in [6.07, 6.45) is 2.73. The van der Waals surface area contributed by atoms with Crippen molar-refractivity contribution in [2.45, 2.75) is 6.92 Å². The van der Waals surface area contributed by atoms with E-state index in [4.69, 9.17) is 4.52 Å². The number of hydrogen-bond donors (Lipinski definition) is 0. The summed E-state index contributed by atoms with van der Waals surface area (Å²) < 4.78 is 18.1. The molecule has 0 amide bonds. The number of benzene rings is 1. The fraction of sp³-hybridized carbons (Fsp3) is 0.0833. The minimum atomic E-state index is -0.577. The Balaban J connectivity index is 2.36. The maximum atomic E-state index is 13.3. The predicted molar refractivity (Wildman–Crippen MR) is 63.2 cm³/mol. The molecular weight excluding hydrogens is 239 g/mol. The van der Waals surface area contributed by atoms with Crippen molar-refractivity contribution in [2.24, 2.45) is 0 Å². The van der Waals surface area contributed by atoms with Crippen LogP contribution in [0.3, 0.4) is 0 Å². The Hall–Kier alpha value is -2.50. The molecule has 0 N–H and O–H groups in total. The van der Waals surface area contributed by atoms with Crippen molar-refractivity contribution < 1.29 is 13.8 Å². The van der Waals surface area contributed by atoms with Crippen LogP contribution in [0.2, 0.25) is 0 Å². The lowest BCUT2D eigenvalue weighted by atomic mass is 10.2. The van der Waals surface area contributed by atoms with Gasteiger partial charge in [0, 0.05) is 5.56 Å². The highest BCUT2D eigenvalue weighted by molar-refractivity contribution is 5.71. The first kappa shape index (κ1) is 12.0. The average molecular weight is 248 g/mol. The molecule has 0 saturated heterocycles. The summed E-state index contributed by atoms with van der Waals surface area (Å²) in [5, 5.41) is 14.3. The Morgan fingerprint density at radius 2 is 2.11 bits per heavy atom. The molecule has 2 aromatic rings. The number of halogens is 1. The van der Waals surface area contributed by atoms with Crippen molar-refractivity contribution in [3.63, 3.8) is 0 Å². The highest BCUT2D eigenvalue weighted by Gasteiger charge is 2.21. The van der Waals surface area contributed by atoms with Crippen molar-refractivity contribution >= 4 is 17.8 Å². The van der Waals surface area contributed by atoms with Crippen LogP contribution in [0.15, 0.2) is 28.8 Å². The molecule has 18 heavy (non-hydrogen) atoms. The molecule has 0 unspecified atom stereocenters. The van der Waals surface area contributed by atoms with Gasteiger partial charge in [0.05, 0.1) is 4.92 Å². The molecule has 0 fully saturated rings. The molecule has 1 heterocycles. The molecule has 1 aromatic heterocycles. The van der Waals surface area contributed by atoms with Gasteiger partial charge in [-0.15, -0.1) is 0 Å². The van der Waals surface area contributed by atoms with Crippen LogP contribution in [0.25, 0.3) is 12.2 Å². The van der Waals surface area contributed by atoms with Crippen LogP contribution in [0, 0.1) is 22.9 Å². The summed E-state index contributed by atoms with van der Waals surface area (Å²) in [4.78, 5) is 10.2. The lowest BCUT2D eigenvalue weighted by Crippen LogP contribution is -1.90. The molecule has 0 aliphatic heterocycles. The maximum absolute atomic E-state index is 13.3. The standard InChI is InChI=1S/C12H9FN2O3/c1-8-12(15(16)17)11(18-14-8)7-6-9-4-2-3-5-10(9)13/h2-7H,1H3. The predicted octanol–water partition coefficient (Wildman–Crippen LogP) is 3.20. The number of nitro groups is 1. The molecule has 0 aliphatic rings. The Labute approximate surface area is 102 Å². The summed E-state index contributed by atoms with van der Waals surface area (Å²) >= 11 is 0. The van der Waals surface area contributed by atoms with E-state index in [9.17, 15) is 14.5 Å². The van der Waals surface area contributed by atoms with Crippen molar-refractivity contribution in [1.29, 1.82) is 0 Å². The van der Waals surface area contributed by atoms with Crippen LogP contribution in [0.1, 0.15) is 17.0 Å². The third-order valence-electron chi connectivity index (χ3n) is 2.36. The Morgan fingerprint density at radius 3 is 2.78 bits per heavy atom. The van der Waals surface area contributed by atoms with Gasteiger partial charge in [0.1, 0.15) is 5.82 Å². The smallest absolute Gasteiger partial charge is 0.338 e. The fourth-order valence-electron chi connectivity index (χ4n) is 1.49. The van der Waals surface area contributed by atoms with Crippen molar-refractivity contribution in [3.8, 4) is 0 Å². The topological polar surface area (TPSA) is 69.2 Å². The fourth-order valence-corrected chi connectivity index (χ4v) is 1.49. The zero-order chi connectivity index (χ0) is 13.1. The van der Waals surface area contributed by atoms with Gasteiger partial charge in [0.25, 0.3) is 0 Å². The molecule has 0 aliphatic carbocycles. The van der Waals surface area contributed by atoms with Crippen LogP contribution < -0.4 is 0 Å². The first-order valence-corrected chi connectivity index (χ1v) is 5.13. The van der Waals surface area contributed by atoms with Crippen LogP contribution in [-0.4, -0.2) is 10.1 Å². The Kier molecular flexibility index (Phi) is 3.18. The molecule has 0 atom stereocenters. The van der Waals surface area contributed by atoms with Gasteiger partial charge in [0.2, 0.25) is 5.76 Å². The second-order valence-corrected chi connectivity index (χ2v) is 3.59. The second kappa shape index (κ2) is 4.79. The maximum Gasteiger partial charge on any atom is 0.338 e. The minimum absolute atomic E-state index is 0.000697. The van der Waals surface area contributed by atoms with Crippen molar-refractivity contribution in [2.75, 3.05) is 0 Å². The number of nitrogens with zero attached hydrogens (tertiary/aromatic N) is 2. The van der Waals surface area contributed by atoms with E-state index < -0.39 is 10.7 Å². The van der Waals surface area contributed by atoms with E-state index in [1.807, 2.05) is 0 Å². The second-order valence-electron chi connectivity index (χ2n) is 3.59. The van der Waals surface area contributed by atoms with Crippen molar-refractivity contribution in [1.82, 2.24) is 5.16 Å². The van der Waals surface area contributed by atoms with Gasteiger partial charge in [-0.25, -0.2) is 4.39 Å². The van der Waals surface area contributed by atoms with Gasteiger partial charge in [-0.05, 0) is 25.1 Å². The molecule has 0 spiro atoms. The summed E-state index contributed by atoms with van der Waals surface area (Å²) in [7, 11) is 0. The van der Waals surface area contributed by atoms with E-state index in [-0.39, 0.29) is 17.1 Å². The van der Waals surface area contributed by atoms with Gasteiger partial charge in [-0.2, -0.15) is 0 Å². The number of hydrogen-bond acceptors (Lipinski definition) is 4. The van der Waals surface area contributed by atoms with Crippen molar-refractivity contribution in [3.05, 3.63) is 57.2 Å². The highest BCUT2D eigenvalue weighted by atomic mass is 19.1. The normalized spacial score (nSPS) is 11.0. The molecule has 5 nitrogen and oxygen atoms in total. The lowest BCUT2D eigenvalue weighted by Gasteiger charge is -1.93. The van der Waals surface area contributed by atoms with E-state index in [2.05, 4.69) is 5.16 Å². The quantitative estimate of drug-likeness (QED) is 0.617. The molecule has 2 rings (SSSR count). The Morgan fingerprint density at radius 1 is 1.39 bits per heavy atom. The summed E-state index contributed by atoms with van der Waals surface area (Å²) in [6.45, 7) is 1.47. The first-order chi connectivity index (χ1) is 8.59. The minimum Gasteiger partial charge on any atom is -0.349 e. The van der Waals surface area contributed by atoms with Gasteiger partial charge in [0.15, 0.2) is 5.69 Å². The summed E-state index contributed by atoms with van der Waals surface area (Å²) in [5.41, 5.74) is 0.302. The third kappa shape index (κ3) is 2.27. The molecule has 0 bridgehead atoms. The van der Waals surface area contributed by atoms with E-state index in [0.29, 0.717) is 5.56 Å². The molecule has 0 radical (unpaired) electrons. The number of rotatable bonds is 3. The van der Waals surface area contributed by atoms with Crippen LogP contribution in [0.5, 0.6) is 0 Å². The average Bonchev–Trinajstić information content (AvgIpc) is 2.69. The summed E-state index contributed by atoms with van der Waals surface area (Å²) in [6, 6.07) is 6.09. The monoisotopic (exact) mass is 248 g/mol. The summed E-state index contributed by atoms with van der Waals surface area (Å²) in [5.74, 6) is -0.409.